The quantitative estimate of drug-likeness (QED) is 0.730. The van der Waals surface area contributed by atoms with E-state index >= 15 is 0 Å². The van der Waals surface area contributed by atoms with Crippen LogP contribution in [0.3, 0.4) is 0 Å². The van der Waals surface area contributed by atoms with Crippen molar-refractivity contribution in [3.8, 4) is 5.69 Å². The Bertz CT molecular complexity index is 806. The summed E-state index contributed by atoms with van der Waals surface area (Å²) in [6.45, 7) is 0. The van der Waals surface area contributed by atoms with Crippen molar-refractivity contribution in [3.63, 3.8) is 0 Å². The van der Waals surface area contributed by atoms with Crippen LogP contribution >= 0.6 is 12.2 Å². The van der Waals surface area contributed by atoms with Crippen LogP contribution < -0.4 is 5.32 Å². The topological polar surface area (TPSA) is 62.7 Å². The van der Waals surface area contributed by atoms with Gasteiger partial charge in [-0.2, -0.15) is 0 Å². The highest BCUT2D eigenvalue weighted by Gasteiger charge is 2.07. The van der Waals surface area contributed by atoms with E-state index in [0.29, 0.717) is 15.9 Å². The van der Waals surface area contributed by atoms with Crippen LogP contribution in [-0.4, -0.2) is 20.4 Å². The minimum Gasteiger partial charge on any atom is -0.352 e. The molecule has 0 aliphatic heterocycles. The fourth-order valence-corrected chi connectivity index (χ4v) is 2.16. The Morgan fingerprint density at radius 3 is 2.71 bits per heavy atom. The highest BCUT2D eigenvalue weighted by molar-refractivity contribution is 7.71. The van der Waals surface area contributed by atoms with Gasteiger partial charge in [0.2, 0.25) is 0 Å². The SMILES string of the molecule is O=C(Nc1ccc(-n2ccnc2)cc1)c1ccc[nH]c1=S. The molecule has 0 saturated carbocycles. The second kappa shape index (κ2) is 5.72. The summed E-state index contributed by atoms with van der Waals surface area (Å²) in [6, 6.07) is 10.9. The zero-order valence-corrected chi connectivity index (χ0v) is 11.8. The van der Waals surface area contributed by atoms with Crippen LogP contribution in [-0.2, 0) is 0 Å². The minimum atomic E-state index is -0.229. The Kier molecular flexibility index (Phi) is 3.61. The van der Waals surface area contributed by atoms with Crippen LogP contribution in [0.4, 0.5) is 5.69 Å². The molecule has 0 saturated heterocycles. The van der Waals surface area contributed by atoms with Crippen LogP contribution in [0.1, 0.15) is 10.4 Å². The van der Waals surface area contributed by atoms with Gasteiger partial charge < -0.3 is 14.9 Å². The molecule has 1 amide bonds. The normalized spacial score (nSPS) is 10.3. The van der Waals surface area contributed by atoms with Gasteiger partial charge in [0, 0.05) is 30.0 Å². The molecule has 1 aromatic carbocycles. The van der Waals surface area contributed by atoms with Crippen molar-refractivity contribution in [2.24, 2.45) is 0 Å². The van der Waals surface area contributed by atoms with E-state index < -0.39 is 0 Å². The summed E-state index contributed by atoms with van der Waals surface area (Å²) >= 11 is 5.09. The number of aromatic nitrogens is 3. The highest BCUT2D eigenvalue weighted by atomic mass is 32.1. The summed E-state index contributed by atoms with van der Waals surface area (Å²) in [6.07, 6.45) is 6.99. The van der Waals surface area contributed by atoms with Crippen molar-refractivity contribution in [3.05, 3.63) is 71.5 Å². The van der Waals surface area contributed by atoms with Gasteiger partial charge in [0.1, 0.15) is 4.64 Å². The van der Waals surface area contributed by atoms with Gasteiger partial charge in [-0.3, -0.25) is 4.79 Å². The minimum absolute atomic E-state index is 0.229. The summed E-state index contributed by atoms with van der Waals surface area (Å²) in [5.74, 6) is -0.229. The first-order chi connectivity index (χ1) is 10.2. The molecule has 0 aliphatic rings. The van der Waals surface area contributed by atoms with E-state index in [-0.39, 0.29) is 5.91 Å². The van der Waals surface area contributed by atoms with Crippen LogP contribution in [0.2, 0.25) is 0 Å². The third-order valence-electron chi connectivity index (χ3n) is 2.99. The maximum Gasteiger partial charge on any atom is 0.258 e. The molecule has 104 valence electrons. The third-order valence-corrected chi connectivity index (χ3v) is 3.33. The predicted octanol–water partition coefficient (Wildman–Crippen LogP) is 3.18. The van der Waals surface area contributed by atoms with E-state index in [4.69, 9.17) is 12.2 Å². The number of imidazole rings is 1. The zero-order valence-electron chi connectivity index (χ0n) is 11.0. The number of hydrogen-bond donors (Lipinski definition) is 2. The van der Waals surface area contributed by atoms with Crippen molar-refractivity contribution in [2.75, 3.05) is 5.32 Å². The van der Waals surface area contributed by atoms with Gasteiger partial charge in [-0.1, -0.05) is 12.2 Å². The van der Waals surface area contributed by atoms with Crippen LogP contribution in [0.15, 0.2) is 61.3 Å². The molecule has 3 aromatic rings. The number of amides is 1. The number of pyridine rings is 1. The number of anilines is 1. The van der Waals surface area contributed by atoms with Gasteiger partial charge in [0.25, 0.3) is 5.91 Å². The Morgan fingerprint density at radius 2 is 2.05 bits per heavy atom. The average molecular weight is 296 g/mol. The van der Waals surface area contributed by atoms with Crippen molar-refractivity contribution >= 4 is 23.8 Å². The number of carbonyl (C=O) groups excluding carboxylic acids is 1. The maximum atomic E-state index is 12.1. The number of aromatic amines is 1. The van der Waals surface area contributed by atoms with E-state index in [2.05, 4.69) is 15.3 Å². The molecule has 2 N–H and O–H groups in total. The summed E-state index contributed by atoms with van der Waals surface area (Å²) in [5, 5.41) is 2.82. The monoisotopic (exact) mass is 296 g/mol. The number of rotatable bonds is 3. The van der Waals surface area contributed by atoms with Gasteiger partial charge in [-0.25, -0.2) is 4.98 Å². The van der Waals surface area contributed by atoms with Crippen LogP contribution in [0, 0.1) is 4.64 Å². The second-order valence-electron chi connectivity index (χ2n) is 4.38. The van der Waals surface area contributed by atoms with Gasteiger partial charge in [0.05, 0.1) is 11.9 Å². The third kappa shape index (κ3) is 2.90. The van der Waals surface area contributed by atoms with Gasteiger partial charge >= 0.3 is 0 Å². The van der Waals surface area contributed by atoms with E-state index in [9.17, 15) is 4.79 Å². The maximum absolute atomic E-state index is 12.1. The van der Waals surface area contributed by atoms with Crippen molar-refractivity contribution < 1.29 is 4.79 Å². The Labute approximate surface area is 126 Å². The summed E-state index contributed by atoms with van der Waals surface area (Å²) in [7, 11) is 0. The molecule has 0 radical (unpaired) electrons. The smallest absolute Gasteiger partial charge is 0.258 e. The summed E-state index contributed by atoms with van der Waals surface area (Å²) in [5.41, 5.74) is 2.14. The molecular formula is C15H12N4OS. The number of nitrogens with one attached hydrogen (secondary N) is 2. The van der Waals surface area contributed by atoms with Crippen LogP contribution in [0.25, 0.3) is 5.69 Å². The highest BCUT2D eigenvalue weighted by Crippen LogP contribution is 2.14. The molecule has 0 unspecified atom stereocenters. The first-order valence-electron chi connectivity index (χ1n) is 6.31. The van der Waals surface area contributed by atoms with Gasteiger partial charge in [-0.05, 0) is 36.4 Å². The van der Waals surface area contributed by atoms with Crippen LogP contribution in [0.5, 0.6) is 0 Å². The lowest BCUT2D eigenvalue weighted by atomic mass is 10.2. The van der Waals surface area contributed by atoms with Gasteiger partial charge in [0.15, 0.2) is 0 Å². The molecule has 0 atom stereocenters. The fraction of sp³-hybridized carbons (Fsp3) is 0. The number of nitrogens with zero attached hydrogens (tertiary/aromatic N) is 2. The summed E-state index contributed by atoms with van der Waals surface area (Å²) < 4.78 is 2.31. The zero-order chi connectivity index (χ0) is 14.7. The molecule has 5 nitrogen and oxygen atoms in total. The van der Waals surface area contributed by atoms with E-state index in [1.54, 1.807) is 30.9 Å². The fourth-order valence-electron chi connectivity index (χ4n) is 1.93. The van der Waals surface area contributed by atoms with E-state index in [0.717, 1.165) is 5.69 Å². The number of H-pyrrole nitrogens is 1. The number of carbonyl (C=O) groups is 1. The lowest BCUT2D eigenvalue weighted by Crippen LogP contribution is -2.12. The lowest BCUT2D eigenvalue weighted by molar-refractivity contribution is 0.102. The number of hydrogen-bond acceptors (Lipinski definition) is 3. The van der Waals surface area contributed by atoms with Crippen molar-refractivity contribution in [1.29, 1.82) is 0 Å². The molecule has 6 heteroatoms. The molecular weight excluding hydrogens is 284 g/mol. The molecule has 0 aliphatic carbocycles. The summed E-state index contributed by atoms with van der Waals surface area (Å²) in [4.78, 5) is 19.0. The predicted molar refractivity (Wildman–Crippen MR) is 83.1 cm³/mol. The van der Waals surface area contributed by atoms with Crippen molar-refractivity contribution in [1.82, 2.24) is 14.5 Å². The second-order valence-corrected chi connectivity index (χ2v) is 4.79. The molecule has 3 rings (SSSR count). The first-order valence-corrected chi connectivity index (χ1v) is 6.72. The molecule has 21 heavy (non-hydrogen) atoms. The standard InChI is InChI=1S/C15H12N4OS/c20-14(13-2-1-7-17-15(13)21)18-11-3-5-12(6-4-11)19-9-8-16-10-19/h1-10H,(H,17,21)(H,18,20). The lowest BCUT2D eigenvalue weighted by Gasteiger charge is -2.07. The first kappa shape index (κ1) is 13.3. The molecule has 0 fully saturated rings. The molecule has 0 spiro atoms. The number of benzene rings is 1. The Balaban J connectivity index is 1.78. The van der Waals surface area contributed by atoms with E-state index in [1.807, 2.05) is 35.0 Å². The Morgan fingerprint density at radius 1 is 1.24 bits per heavy atom. The molecule has 2 aromatic heterocycles. The van der Waals surface area contributed by atoms with E-state index in [1.165, 1.54) is 0 Å². The average Bonchev–Trinajstić information content (AvgIpc) is 3.02. The van der Waals surface area contributed by atoms with Gasteiger partial charge in [-0.15, -0.1) is 0 Å². The van der Waals surface area contributed by atoms with Crippen molar-refractivity contribution in [2.45, 2.75) is 0 Å². The Hall–Kier alpha value is -2.73. The molecule has 2 heterocycles. The largest absolute Gasteiger partial charge is 0.352 e. The molecule has 0 bridgehead atoms.